The van der Waals surface area contributed by atoms with Crippen LogP contribution in [0.1, 0.15) is 21.8 Å². The van der Waals surface area contributed by atoms with Crippen molar-refractivity contribution in [3.8, 4) is 0 Å². The Bertz CT molecular complexity index is 874. The molecule has 0 unspecified atom stereocenters. The lowest BCUT2D eigenvalue weighted by atomic mass is 10.2. The van der Waals surface area contributed by atoms with Crippen LogP contribution in [0.25, 0.3) is 0 Å². The van der Waals surface area contributed by atoms with E-state index in [9.17, 15) is 22.8 Å². The molecule has 0 aliphatic carbocycles. The normalized spacial score (nSPS) is 15.1. The molecule has 2 aromatic rings. The van der Waals surface area contributed by atoms with Gasteiger partial charge in [-0.15, -0.1) is 0 Å². The number of halogens is 3. The largest absolute Gasteiger partial charge is 0.416 e. The maximum atomic E-state index is 12.5. The second kappa shape index (κ2) is 9.16. The summed E-state index contributed by atoms with van der Waals surface area (Å²) in [5.74, 6) is 0.415. The van der Waals surface area contributed by atoms with E-state index in [-0.39, 0.29) is 11.6 Å². The summed E-state index contributed by atoms with van der Waals surface area (Å²) in [5.41, 5.74) is -0.206. The van der Waals surface area contributed by atoms with Crippen molar-refractivity contribution in [2.24, 2.45) is 0 Å². The first kappa shape index (κ1) is 21.6. The number of amides is 3. The molecule has 1 aromatic carbocycles. The van der Waals surface area contributed by atoms with Gasteiger partial charge in [-0.3, -0.25) is 9.69 Å². The average molecular weight is 425 g/mol. The van der Waals surface area contributed by atoms with Gasteiger partial charge < -0.3 is 20.1 Å². The van der Waals surface area contributed by atoms with E-state index in [1.165, 1.54) is 12.1 Å². The number of benzene rings is 1. The summed E-state index contributed by atoms with van der Waals surface area (Å²) in [7, 11) is 0. The van der Waals surface area contributed by atoms with Gasteiger partial charge in [0.05, 0.1) is 5.56 Å². The van der Waals surface area contributed by atoms with Crippen molar-refractivity contribution in [2.75, 3.05) is 44.6 Å². The smallest absolute Gasteiger partial charge is 0.361 e. The molecule has 8 nitrogen and oxygen atoms in total. The van der Waals surface area contributed by atoms with Crippen molar-refractivity contribution >= 4 is 17.6 Å². The van der Waals surface area contributed by atoms with Crippen LogP contribution in [0, 0.1) is 6.92 Å². The third-order valence-corrected chi connectivity index (χ3v) is 4.69. The van der Waals surface area contributed by atoms with Crippen molar-refractivity contribution in [2.45, 2.75) is 13.1 Å². The minimum Gasteiger partial charge on any atom is -0.361 e. The Morgan fingerprint density at radius 1 is 1.13 bits per heavy atom. The number of hydrogen-bond donors (Lipinski definition) is 2. The molecule has 1 aliphatic rings. The van der Waals surface area contributed by atoms with Gasteiger partial charge in [-0.05, 0) is 31.2 Å². The zero-order chi connectivity index (χ0) is 21.7. The lowest BCUT2D eigenvalue weighted by molar-refractivity contribution is -0.137. The van der Waals surface area contributed by atoms with Crippen LogP contribution in [0.15, 0.2) is 34.9 Å². The number of aromatic nitrogens is 1. The van der Waals surface area contributed by atoms with Crippen LogP contribution >= 0.6 is 0 Å². The first-order valence-corrected chi connectivity index (χ1v) is 9.39. The Balaban J connectivity index is 1.36. The van der Waals surface area contributed by atoms with Crippen molar-refractivity contribution in [3.05, 3.63) is 47.3 Å². The molecule has 1 fully saturated rings. The van der Waals surface area contributed by atoms with Gasteiger partial charge in [-0.2, -0.15) is 13.2 Å². The van der Waals surface area contributed by atoms with Crippen LogP contribution in [0.2, 0.25) is 0 Å². The Kier molecular flexibility index (Phi) is 6.60. The molecular formula is C19H22F3N5O3. The van der Waals surface area contributed by atoms with E-state index < -0.39 is 17.8 Å². The van der Waals surface area contributed by atoms with Crippen molar-refractivity contribution in [1.29, 1.82) is 0 Å². The summed E-state index contributed by atoms with van der Waals surface area (Å²) >= 11 is 0. The van der Waals surface area contributed by atoms with Crippen LogP contribution in [0.3, 0.4) is 0 Å². The van der Waals surface area contributed by atoms with Gasteiger partial charge in [0.2, 0.25) is 0 Å². The van der Waals surface area contributed by atoms with Crippen LogP contribution in [0.4, 0.5) is 23.7 Å². The van der Waals surface area contributed by atoms with Crippen LogP contribution in [0.5, 0.6) is 0 Å². The molecule has 1 aromatic heterocycles. The standard InChI is InChI=1S/C19H22F3N5O3/c1-13-12-16(25-30-13)17(28)27-10-8-26(9-11-27)7-6-23-18(29)24-15-4-2-14(3-5-15)19(20,21)22/h2-5,12H,6-11H2,1H3,(H2,23,24,29). The van der Waals surface area contributed by atoms with E-state index in [4.69, 9.17) is 4.52 Å². The number of nitrogens with one attached hydrogen (secondary N) is 2. The molecule has 1 saturated heterocycles. The highest BCUT2D eigenvalue weighted by Crippen LogP contribution is 2.29. The van der Waals surface area contributed by atoms with E-state index in [0.717, 1.165) is 12.1 Å². The molecule has 11 heteroatoms. The minimum absolute atomic E-state index is 0.166. The Hall–Kier alpha value is -3.08. The zero-order valence-corrected chi connectivity index (χ0v) is 16.3. The molecule has 3 amide bonds. The fourth-order valence-electron chi connectivity index (χ4n) is 3.05. The Labute approximate surface area is 171 Å². The Morgan fingerprint density at radius 2 is 1.80 bits per heavy atom. The predicted molar refractivity (Wildman–Crippen MR) is 102 cm³/mol. The van der Waals surface area contributed by atoms with E-state index in [0.29, 0.717) is 50.7 Å². The number of carbonyl (C=O) groups excluding carboxylic acids is 2. The average Bonchev–Trinajstić information content (AvgIpc) is 3.14. The number of hydrogen-bond acceptors (Lipinski definition) is 5. The van der Waals surface area contributed by atoms with Crippen LogP contribution < -0.4 is 10.6 Å². The summed E-state index contributed by atoms with van der Waals surface area (Å²) in [4.78, 5) is 28.0. The van der Waals surface area contributed by atoms with Gasteiger partial charge in [0.15, 0.2) is 5.69 Å². The maximum Gasteiger partial charge on any atom is 0.416 e. The predicted octanol–water partition coefficient (Wildman–Crippen LogP) is 2.58. The highest BCUT2D eigenvalue weighted by molar-refractivity contribution is 5.92. The number of piperazine rings is 1. The topological polar surface area (TPSA) is 90.7 Å². The molecule has 0 atom stereocenters. The van der Waals surface area contributed by atoms with Crippen molar-refractivity contribution in [1.82, 2.24) is 20.3 Å². The summed E-state index contributed by atoms with van der Waals surface area (Å²) in [6.45, 7) is 5.08. The van der Waals surface area contributed by atoms with Crippen molar-refractivity contribution in [3.63, 3.8) is 0 Å². The molecule has 2 heterocycles. The molecular weight excluding hydrogens is 403 g/mol. The summed E-state index contributed by atoms with van der Waals surface area (Å²) in [6.07, 6.45) is -4.41. The summed E-state index contributed by atoms with van der Waals surface area (Å²) in [5, 5.41) is 8.90. The van der Waals surface area contributed by atoms with Crippen LogP contribution in [-0.2, 0) is 6.18 Å². The minimum atomic E-state index is -4.41. The number of urea groups is 1. The van der Waals surface area contributed by atoms with Gasteiger partial charge in [0.25, 0.3) is 5.91 Å². The van der Waals surface area contributed by atoms with E-state index >= 15 is 0 Å². The van der Waals surface area contributed by atoms with Gasteiger partial charge >= 0.3 is 12.2 Å². The lowest BCUT2D eigenvalue weighted by Crippen LogP contribution is -2.50. The molecule has 2 N–H and O–H groups in total. The highest BCUT2D eigenvalue weighted by atomic mass is 19.4. The third kappa shape index (κ3) is 5.72. The Morgan fingerprint density at radius 3 is 2.37 bits per heavy atom. The van der Waals surface area contributed by atoms with Gasteiger partial charge in [-0.1, -0.05) is 5.16 Å². The number of alkyl halides is 3. The third-order valence-electron chi connectivity index (χ3n) is 4.69. The number of rotatable bonds is 5. The van der Waals surface area contributed by atoms with Gasteiger partial charge in [0, 0.05) is 51.0 Å². The second-order valence-corrected chi connectivity index (χ2v) is 6.91. The molecule has 162 valence electrons. The molecule has 0 spiro atoms. The quantitative estimate of drug-likeness (QED) is 0.769. The molecule has 3 rings (SSSR count). The van der Waals surface area contributed by atoms with Crippen LogP contribution in [-0.4, -0.2) is 66.2 Å². The number of carbonyl (C=O) groups is 2. The molecule has 1 aliphatic heterocycles. The fraction of sp³-hybridized carbons (Fsp3) is 0.421. The first-order chi connectivity index (χ1) is 14.2. The SMILES string of the molecule is Cc1cc(C(=O)N2CCN(CCNC(=O)Nc3ccc(C(F)(F)F)cc3)CC2)no1. The van der Waals surface area contributed by atoms with Gasteiger partial charge in [0.1, 0.15) is 5.76 Å². The van der Waals surface area contributed by atoms with E-state index in [1.807, 2.05) is 0 Å². The highest BCUT2D eigenvalue weighted by Gasteiger charge is 2.30. The monoisotopic (exact) mass is 425 g/mol. The summed E-state index contributed by atoms with van der Waals surface area (Å²) < 4.78 is 42.6. The maximum absolute atomic E-state index is 12.5. The zero-order valence-electron chi connectivity index (χ0n) is 16.3. The second-order valence-electron chi connectivity index (χ2n) is 6.91. The fourth-order valence-corrected chi connectivity index (χ4v) is 3.05. The summed E-state index contributed by atoms with van der Waals surface area (Å²) in [6, 6.07) is 5.34. The molecule has 0 saturated carbocycles. The van der Waals surface area contributed by atoms with Crippen molar-refractivity contribution < 1.29 is 27.3 Å². The lowest BCUT2D eigenvalue weighted by Gasteiger charge is -2.34. The number of aryl methyl sites for hydroxylation is 1. The van der Waals surface area contributed by atoms with Gasteiger partial charge in [-0.25, -0.2) is 4.79 Å². The number of nitrogens with zero attached hydrogens (tertiary/aromatic N) is 3. The molecule has 0 bridgehead atoms. The number of anilines is 1. The van der Waals surface area contributed by atoms with E-state index in [1.54, 1.807) is 17.9 Å². The molecule has 30 heavy (non-hydrogen) atoms. The first-order valence-electron chi connectivity index (χ1n) is 9.39. The molecule has 0 radical (unpaired) electrons. The van der Waals surface area contributed by atoms with E-state index in [2.05, 4.69) is 20.7 Å².